The van der Waals surface area contributed by atoms with Crippen molar-refractivity contribution >= 4 is 29.8 Å². The van der Waals surface area contributed by atoms with Crippen molar-refractivity contribution in [2.24, 2.45) is 39.3 Å². The largest absolute Gasteiger partial charge is 0.459 e. The molecule has 4 bridgehead atoms. The Labute approximate surface area is 196 Å². The van der Waals surface area contributed by atoms with Crippen molar-refractivity contribution in [1.82, 2.24) is 0 Å². The molecule has 0 aromatic heterocycles. The fourth-order valence-electron chi connectivity index (χ4n) is 6.26. The van der Waals surface area contributed by atoms with Crippen LogP contribution in [-0.4, -0.2) is 30.0 Å². The summed E-state index contributed by atoms with van der Waals surface area (Å²) in [7, 11) is 0. The van der Waals surface area contributed by atoms with Gasteiger partial charge in [0.25, 0.3) is 0 Å². The molecule has 0 atom stereocenters. The van der Waals surface area contributed by atoms with Crippen molar-refractivity contribution in [2.45, 2.75) is 64.0 Å². The van der Waals surface area contributed by atoms with Crippen LogP contribution in [0.25, 0.3) is 0 Å². The quantitative estimate of drug-likeness (QED) is 0.260. The average molecular weight is 450 g/mol. The summed E-state index contributed by atoms with van der Waals surface area (Å²) < 4.78 is 5.39. The van der Waals surface area contributed by atoms with Gasteiger partial charge >= 0.3 is 5.97 Å². The van der Waals surface area contributed by atoms with E-state index in [0.29, 0.717) is 16.8 Å². The van der Waals surface area contributed by atoms with E-state index in [4.69, 9.17) is 16.3 Å². The van der Waals surface area contributed by atoms with Crippen LogP contribution in [-0.2, 0) is 4.74 Å². The molecule has 176 valence electrons. The molecule has 4 aliphatic rings. The Hall–Kier alpha value is -2.93. The standard InChI is InChI=1S/C26H35N5O2/c1-4-29-15-21(14-27)16-30-23-10-22(25(32)33-17(2)3)5-6-24(23)31(28)26-11-18-7-19(12-26)9-20(8-18)13-26/h4-6,10,14-20H,1,7-9,11-13,27-28H2,2-3H3/b21-14+,29-15?,30-16?. The number of aliphatic imine (C=N–C) groups is 2. The van der Waals surface area contributed by atoms with E-state index in [2.05, 4.69) is 16.6 Å². The number of anilines is 1. The molecule has 0 heterocycles. The monoisotopic (exact) mass is 449 g/mol. The number of rotatable bonds is 8. The molecule has 4 saturated carbocycles. The molecular weight excluding hydrogens is 414 g/mol. The molecule has 0 saturated heterocycles. The van der Waals surface area contributed by atoms with Gasteiger partial charge in [0.15, 0.2) is 0 Å². The second kappa shape index (κ2) is 9.51. The van der Waals surface area contributed by atoms with Crippen LogP contribution >= 0.6 is 0 Å². The van der Waals surface area contributed by atoms with Gasteiger partial charge in [-0.05, 0) is 88.3 Å². The second-order valence-corrected chi connectivity index (χ2v) is 10.1. The van der Waals surface area contributed by atoms with E-state index in [9.17, 15) is 4.79 Å². The minimum absolute atomic E-state index is 0.0458. The van der Waals surface area contributed by atoms with Gasteiger partial charge in [-0.3, -0.25) is 9.98 Å². The number of ether oxygens (including phenoxy) is 1. The highest BCUT2D eigenvalue weighted by Gasteiger charge is 2.53. The van der Waals surface area contributed by atoms with E-state index in [1.165, 1.54) is 31.7 Å². The lowest BCUT2D eigenvalue weighted by Gasteiger charge is -2.59. The summed E-state index contributed by atoms with van der Waals surface area (Å²) in [6.07, 6.45) is 13.2. The van der Waals surface area contributed by atoms with Crippen molar-refractivity contribution in [3.63, 3.8) is 0 Å². The number of allylic oxidation sites excluding steroid dienone is 1. The van der Waals surface area contributed by atoms with Crippen molar-refractivity contribution < 1.29 is 9.53 Å². The fraction of sp³-hybridized carbons (Fsp3) is 0.500. The normalized spacial score (nSPS) is 28.7. The SMILES string of the molecule is C=CN=C/C(C=Nc1cc(C(=O)OC(C)C)ccc1N(N)C12CC3CC(CC(C3)C1)C2)=C\N. The summed E-state index contributed by atoms with van der Waals surface area (Å²) in [6, 6.07) is 5.42. The second-order valence-electron chi connectivity index (χ2n) is 10.1. The van der Waals surface area contributed by atoms with Gasteiger partial charge in [0.1, 0.15) is 0 Å². The molecule has 1 aromatic rings. The number of hydrazine groups is 1. The van der Waals surface area contributed by atoms with E-state index < -0.39 is 0 Å². The Morgan fingerprint density at radius 2 is 1.82 bits per heavy atom. The summed E-state index contributed by atoms with van der Waals surface area (Å²) in [5.74, 6) is 8.79. The number of nitrogens with zero attached hydrogens (tertiary/aromatic N) is 3. The highest BCUT2D eigenvalue weighted by atomic mass is 16.5. The molecular formula is C26H35N5O2. The van der Waals surface area contributed by atoms with E-state index in [1.54, 1.807) is 24.6 Å². The third kappa shape index (κ3) is 4.88. The van der Waals surface area contributed by atoms with Crippen LogP contribution in [0.5, 0.6) is 0 Å². The predicted octanol–water partition coefficient (Wildman–Crippen LogP) is 4.66. The number of carbonyl (C=O) groups excluding carboxylic acids is 1. The fourth-order valence-corrected chi connectivity index (χ4v) is 6.26. The maximum atomic E-state index is 12.6. The molecule has 0 aliphatic heterocycles. The molecule has 33 heavy (non-hydrogen) atoms. The summed E-state index contributed by atoms with van der Waals surface area (Å²) in [5, 5.41) is 1.95. The lowest BCUT2D eigenvalue weighted by atomic mass is 9.52. The Morgan fingerprint density at radius 1 is 1.18 bits per heavy atom. The van der Waals surface area contributed by atoms with E-state index >= 15 is 0 Å². The third-order valence-corrected chi connectivity index (χ3v) is 7.20. The van der Waals surface area contributed by atoms with Gasteiger partial charge in [0.05, 0.1) is 28.6 Å². The number of benzene rings is 1. The summed E-state index contributed by atoms with van der Waals surface area (Å²) in [6.45, 7) is 7.24. The van der Waals surface area contributed by atoms with Gasteiger partial charge in [-0.15, -0.1) is 0 Å². The molecule has 0 radical (unpaired) electrons. The van der Waals surface area contributed by atoms with Crippen LogP contribution in [0.1, 0.15) is 62.7 Å². The van der Waals surface area contributed by atoms with Crippen LogP contribution in [0, 0.1) is 17.8 Å². The lowest BCUT2D eigenvalue weighted by molar-refractivity contribution is -0.00442. The van der Waals surface area contributed by atoms with Gasteiger partial charge in [-0.1, -0.05) is 6.58 Å². The molecule has 4 aliphatic carbocycles. The zero-order valence-electron chi connectivity index (χ0n) is 19.6. The third-order valence-electron chi connectivity index (χ3n) is 7.20. The molecule has 5 rings (SSSR count). The molecule has 1 aromatic carbocycles. The zero-order chi connectivity index (χ0) is 23.6. The molecule has 4 fully saturated rings. The van der Waals surface area contributed by atoms with E-state index in [1.807, 2.05) is 24.9 Å². The molecule has 0 spiro atoms. The van der Waals surface area contributed by atoms with Gasteiger partial charge in [-0.25, -0.2) is 10.6 Å². The molecule has 0 amide bonds. The minimum atomic E-state index is -0.380. The van der Waals surface area contributed by atoms with E-state index in [0.717, 1.165) is 42.7 Å². The molecule has 0 unspecified atom stereocenters. The Morgan fingerprint density at radius 3 is 2.36 bits per heavy atom. The first kappa shape index (κ1) is 23.2. The Balaban J connectivity index is 1.69. The first-order chi connectivity index (χ1) is 15.8. The first-order valence-corrected chi connectivity index (χ1v) is 11.8. The summed E-state index contributed by atoms with van der Waals surface area (Å²) in [5.41, 5.74) is 8.16. The van der Waals surface area contributed by atoms with Gasteiger partial charge in [0.2, 0.25) is 0 Å². The number of nitrogens with two attached hydrogens (primary N) is 2. The maximum Gasteiger partial charge on any atom is 0.338 e. The first-order valence-electron chi connectivity index (χ1n) is 11.8. The Kier molecular flexibility index (Phi) is 6.70. The number of carbonyl (C=O) groups is 1. The maximum absolute atomic E-state index is 12.6. The van der Waals surface area contributed by atoms with Gasteiger partial charge in [0, 0.05) is 30.4 Å². The average Bonchev–Trinajstić information content (AvgIpc) is 2.77. The summed E-state index contributed by atoms with van der Waals surface area (Å²) >= 11 is 0. The van der Waals surface area contributed by atoms with Crippen LogP contribution in [0.3, 0.4) is 0 Å². The lowest BCUT2D eigenvalue weighted by Crippen LogP contribution is -2.62. The van der Waals surface area contributed by atoms with Gasteiger partial charge < -0.3 is 15.5 Å². The molecule has 7 heteroatoms. The van der Waals surface area contributed by atoms with Crippen molar-refractivity contribution in [2.75, 3.05) is 5.01 Å². The van der Waals surface area contributed by atoms with Gasteiger partial charge in [-0.2, -0.15) is 0 Å². The molecule has 4 N–H and O–H groups in total. The number of hydrogen-bond donors (Lipinski definition) is 2. The zero-order valence-corrected chi connectivity index (χ0v) is 19.6. The smallest absolute Gasteiger partial charge is 0.338 e. The van der Waals surface area contributed by atoms with Crippen LogP contribution in [0.4, 0.5) is 11.4 Å². The topological polar surface area (TPSA) is 106 Å². The van der Waals surface area contributed by atoms with E-state index in [-0.39, 0.29) is 17.6 Å². The highest BCUT2D eigenvalue weighted by molar-refractivity contribution is 6.05. The van der Waals surface area contributed by atoms with Crippen molar-refractivity contribution in [1.29, 1.82) is 0 Å². The van der Waals surface area contributed by atoms with Crippen LogP contribution in [0.2, 0.25) is 0 Å². The van der Waals surface area contributed by atoms with Crippen molar-refractivity contribution in [3.8, 4) is 0 Å². The summed E-state index contributed by atoms with van der Waals surface area (Å²) in [4.78, 5) is 21.2. The van der Waals surface area contributed by atoms with Crippen molar-refractivity contribution in [3.05, 3.63) is 48.3 Å². The van der Waals surface area contributed by atoms with Crippen LogP contribution in [0.15, 0.2) is 52.7 Å². The predicted molar refractivity (Wildman–Crippen MR) is 134 cm³/mol. The minimum Gasteiger partial charge on any atom is -0.459 e. The number of hydrogen-bond acceptors (Lipinski definition) is 7. The molecule has 7 nitrogen and oxygen atoms in total. The van der Waals surface area contributed by atoms with Crippen LogP contribution < -0.4 is 16.6 Å². The Bertz CT molecular complexity index is 959. The number of esters is 1. The highest BCUT2D eigenvalue weighted by Crippen LogP contribution is 2.58.